The summed E-state index contributed by atoms with van der Waals surface area (Å²) in [4.78, 5) is 95.9. The lowest BCUT2D eigenvalue weighted by atomic mass is 9.78. The molecule has 3 fully saturated rings. The molecule has 3 aliphatic heterocycles. The predicted octanol–water partition coefficient (Wildman–Crippen LogP) is 8.31. The van der Waals surface area contributed by atoms with Gasteiger partial charge in [-0.05, 0) is 119 Å². The summed E-state index contributed by atoms with van der Waals surface area (Å²) in [5, 5.41) is 34.6. The highest BCUT2D eigenvalue weighted by Crippen LogP contribution is 2.38. The van der Waals surface area contributed by atoms with Gasteiger partial charge in [0.05, 0.1) is 23.2 Å². The first-order valence-corrected chi connectivity index (χ1v) is 27.1. The number of ketones is 3. The molecule has 77 heavy (non-hydrogen) atoms. The molecule has 19 nitrogen and oxygen atoms in total. The molecule has 2 N–H and O–H groups in total. The molecule has 1 saturated carbocycles. The Hall–Kier alpha value is -5.44. The lowest BCUT2D eigenvalue weighted by Crippen LogP contribution is -2.61. The van der Waals surface area contributed by atoms with E-state index < -0.39 is 107 Å². The number of allylic oxidation sites excluding steroid dienone is 6. The number of nitro groups is 1. The lowest BCUT2D eigenvalue weighted by Gasteiger charge is -2.42. The number of carbonyl (C=O) groups excluding carboxylic acids is 6. The highest BCUT2D eigenvalue weighted by atomic mass is 16.7. The van der Waals surface area contributed by atoms with Gasteiger partial charge in [0.1, 0.15) is 42.0 Å². The van der Waals surface area contributed by atoms with Gasteiger partial charge in [0, 0.05) is 70.6 Å². The van der Waals surface area contributed by atoms with Crippen molar-refractivity contribution in [3.63, 3.8) is 0 Å². The van der Waals surface area contributed by atoms with Crippen LogP contribution in [-0.2, 0) is 52.4 Å². The minimum absolute atomic E-state index is 0.0150. The zero-order valence-electron chi connectivity index (χ0n) is 46.5. The van der Waals surface area contributed by atoms with E-state index in [9.17, 15) is 49.1 Å². The summed E-state index contributed by atoms with van der Waals surface area (Å²) in [7, 11) is 4.41. The summed E-state index contributed by atoms with van der Waals surface area (Å²) in [6.07, 6.45) is 8.42. The summed E-state index contributed by atoms with van der Waals surface area (Å²) in [5.41, 5.74) is 1.03. The number of piperidine rings is 1. The summed E-state index contributed by atoms with van der Waals surface area (Å²) < 4.78 is 40.6. The van der Waals surface area contributed by atoms with Crippen LogP contribution in [0.2, 0.25) is 0 Å². The molecule has 1 unspecified atom stereocenters. The van der Waals surface area contributed by atoms with Crippen molar-refractivity contribution in [2.75, 3.05) is 27.9 Å². The number of hydrogen-bond donors (Lipinski definition) is 2. The number of amides is 1. The van der Waals surface area contributed by atoms with Crippen LogP contribution in [0.25, 0.3) is 0 Å². The zero-order valence-corrected chi connectivity index (χ0v) is 46.5. The van der Waals surface area contributed by atoms with E-state index in [1.165, 1.54) is 38.5 Å². The standard InChI is InChI=1S/C58H82N2O17/c1-34-16-12-11-13-17-35(2)48(71-8)32-44-23-19-40(7)58(68,77-44)54(64)55(65)59-27-15-14-18-45(59)56(66)75-49(33-46(61)36(3)29-39(6)52(63)53(73-10)51(62)38(5)28-34)37(4)30-41-20-26-47(50(31-41)72-9)76-57(67)74-43-24-21-42(22-25-43)60(69)70/h11-13,16-17,21-22,24-25,29,34,36-38,40-41,44-45,47-50,52-53,63,68H,14-15,18-20,23,26-28,30-33H2,1-10H3/b13-11+,16-12+,35-17+,39-29+/t34-,36-,37-,38-,40-,41+,44+,45+,47-,48?,49+,50-,52-,53+,58-/m1/s1. The number of carbonyl (C=O) groups is 6. The Kier molecular flexibility index (Phi) is 23.5. The molecule has 3 heterocycles. The minimum atomic E-state index is -2.48. The van der Waals surface area contributed by atoms with Gasteiger partial charge in [-0.3, -0.25) is 29.3 Å². The summed E-state index contributed by atoms with van der Waals surface area (Å²) in [5.74, 6) is -8.71. The highest BCUT2D eigenvalue weighted by molar-refractivity contribution is 6.39. The fourth-order valence-corrected chi connectivity index (χ4v) is 11.1. The number of Topliss-reactive ketones (excluding diaryl/α,β-unsaturated/α-hetero) is 3. The first kappa shape index (κ1) is 62.4. The lowest BCUT2D eigenvalue weighted by molar-refractivity contribution is -0.384. The van der Waals surface area contributed by atoms with Crippen LogP contribution < -0.4 is 4.74 Å². The van der Waals surface area contributed by atoms with Crippen LogP contribution in [0.3, 0.4) is 0 Å². The molecule has 0 radical (unpaired) electrons. The number of aliphatic hydroxyl groups excluding tert-OH is 1. The number of aliphatic hydroxyl groups is 2. The first-order chi connectivity index (χ1) is 36.5. The third-order valence-corrected chi connectivity index (χ3v) is 15.9. The monoisotopic (exact) mass is 1080 g/mol. The molecule has 1 aromatic carbocycles. The maximum atomic E-state index is 14.6. The Morgan fingerprint density at radius 2 is 1.58 bits per heavy atom. The number of methoxy groups -OCH3 is 3. The third kappa shape index (κ3) is 16.8. The van der Waals surface area contributed by atoms with Gasteiger partial charge in [0.25, 0.3) is 17.4 Å². The van der Waals surface area contributed by atoms with Crippen molar-refractivity contribution in [2.45, 2.75) is 180 Å². The maximum absolute atomic E-state index is 14.6. The van der Waals surface area contributed by atoms with E-state index in [1.807, 2.05) is 51.2 Å². The van der Waals surface area contributed by atoms with E-state index in [0.29, 0.717) is 63.4 Å². The van der Waals surface area contributed by atoms with Crippen molar-refractivity contribution in [3.8, 4) is 5.75 Å². The fourth-order valence-electron chi connectivity index (χ4n) is 11.1. The Labute approximate surface area is 452 Å². The van der Waals surface area contributed by atoms with Crippen molar-refractivity contribution in [3.05, 3.63) is 82.0 Å². The Balaban J connectivity index is 1.42. The van der Waals surface area contributed by atoms with Crippen LogP contribution in [0.4, 0.5) is 10.5 Å². The third-order valence-electron chi connectivity index (χ3n) is 15.9. The molecule has 0 aromatic heterocycles. The maximum Gasteiger partial charge on any atom is 0.514 e. The summed E-state index contributed by atoms with van der Waals surface area (Å²) >= 11 is 0. The Bertz CT molecular complexity index is 2350. The second-order valence-corrected chi connectivity index (χ2v) is 21.8. The van der Waals surface area contributed by atoms with Gasteiger partial charge in [-0.25, -0.2) is 9.59 Å². The molecule has 2 saturated heterocycles. The van der Waals surface area contributed by atoms with E-state index in [-0.39, 0.29) is 60.6 Å². The number of nitrogens with zero attached hydrogens (tertiary/aromatic N) is 2. The predicted molar refractivity (Wildman–Crippen MR) is 283 cm³/mol. The van der Waals surface area contributed by atoms with E-state index in [0.717, 1.165) is 10.5 Å². The van der Waals surface area contributed by atoms with Crippen LogP contribution in [-0.4, -0.2) is 138 Å². The van der Waals surface area contributed by atoms with Gasteiger partial charge in [0.15, 0.2) is 5.78 Å². The second kappa shape index (κ2) is 29.0. The van der Waals surface area contributed by atoms with Gasteiger partial charge in [-0.2, -0.15) is 0 Å². The number of non-ortho nitro benzene ring substituents is 1. The molecular weight excluding hydrogens is 997 g/mol. The largest absolute Gasteiger partial charge is 0.514 e. The average molecular weight is 1080 g/mol. The van der Waals surface area contributed by atoms with E-state index >= 15 is 0 Å². The SMILES string of the molecule is COC1C[C@@H]2CC[C@@H](C)[C@@](O)(O2)C(=O)C(=O)N2CCCC[C@H]2C(=O)O[C@H]([C@H](C)C[C@@H]2CC[C@@H](OC(=O)Oc3ccc([N+](=O)[O-])cc3)[C@H](OC)C2)CC(=O)[C@H](C)/C=C(\C)[C@@H](O)[C@@H](OC)C(=O)[C@H](C)C[C@H](C)/C=C/C=C/C=C/1C. The normalized spacial score (nSPS) is 35.7. The zero-order chi connectivity index (χ0) is 56.7. The fraction of sp³-hybridized carbons (Fsp3) is 0.655. The van der Waals surface area contributed by atoms with Crippen molar-refractivity contribution >= 4 is 41.1 Å². The quantitative estimate of drug-likeness (QED) is 0.0589. The summed E-state index contributed by atoms with van der Waals surface area (Å²) in [6.45, 7) is 12.5. The molecule has 1 amide bonds. The van der Waals surface area contributed by atoms with Crippen molar-refractivity contribution < 1.29 is 77.1 Å². The minimum Gasteiger partial charge on any atom is -0.460 e. The van der Waals surface area contributed by atoms with Gasteiger partial charge >= 0.3 is 12.1 Å². The van der Waals surface area contributed by atoms with Gasteiger partial charge in [0.2, 0.25) is 5.79 Å². The van der Waals surface area contributed by atoms with E-state index in [1.54, 1.807) is 40.9 Å². The second-order valence-electron chi connectivity index (χ2n) is 21.8. The number of rotatable bonds is 9. The van der Waals surface area contributed by atoms with Crippen LogP contribution in [0.5, 0.6) is 5.75 Å². The number of hydrogen-bond acceptors (Lipinski definition) is 17. The number of cyclic esters (lactones) is 1. The van der Waals surface area contributed by atoms with Gasteiger partial charge < -0.3 is 48.3 Å². The smallest absolute Gasteiger partial charge is 0.460 e. The number of esters is 1. The molecule has 4 aliphatic rings. The van der Waals surface area contributed by atoms with Gasteiger partial charge in [-0.15, -0.1) is 0 Å². The van der Waals surface area contributed by atoms with Gasteiger partial charge in [-0.1, -0.05) is 71.1 Å². The Morgan fingerprint density at radius 3 is 2.25 bits per heavy atom. The van der Waals surface area contributed by atoms with E-state index in [4.69, 9.17) is 33.2 Å². The van der Waals surface area contributed by atoms with Crippen molar-refractivity contribution in [1.82, 2.24) is 4.90 Å². The van der Waals surface area contributed by atoms with Crippen LogP contribution >= 0.6 is 0 Å². The molecule has 15 atom stereocenters. The molecule has 1 aromatic rings. The number of ether oxygens (including phenoxy) is 7. The topological polar surface area (TPSA) is 254 Å². The van der Waals surface area contributed by atoms with Crippen molar-refractivity contribution in [2.24, 2.45) is 35.5 Å². The van der Waals surface area contributed by atoms with E-state index in [2.05, 4.69) is 0 Å². The molecular formula is C58H82N2O17. The van der Waals surface area contributed by atoms with Crippen LogP contribution in [0, 0.1) is 45.6 Å². The Morgan fingerprint density at radius 1 is 0.870 bits per heavy atom. The molecule has 2 bridgehead atoms. The number of nitro benzene ring substituents is 1. The average Bonchev–Trinajstić information content (AvgIpc) is 3.41. The molecule has 1 aliphatic carbocycles. The van der Waals surface area contributed by atoms with Crippen LogP contribution in [0.15, 0.2) is 71.9 Å². The molecule has 0 spiro atoms. The first-order valence-electron chi connectivity index (χ1n) is 27.1. The number of benzene rings is 1. The summed E-state index contributed by atoms with van der Waals surface area (Å²) in [6, 6.07) is 3.77. The molecule has 426 valence electrons. The van der Waals surface area contributed by atoms with Crippen LogP contribution in [0.1, 0.15) is 126 Å². The number of fused-ring (bicyclic) bond motifs is 3. The van der Waals surface area contributed by atoms with Crippen molar-refractivity contribution in [1.29, 1.82) is 0 Å². The molecule has 19 heteroatoms. The molecule has 5 rings (SSSR count). The highest BCUT2D eigenvalue weighted by Gasteiger charge is 2.53.